The van der Waals surface area contributed by atoms with Crippen molar-refractivity contribution >= 4 is 9.28 Å². The summed E-state index contributed by atoms with van der Waals surface area (Å²) in [5.41, 5.74) is 0. The van der Waals surface area contributed by atoms with Gasteiger partial charge >= 0.3 is 9.28 Å². The average molecular weight is 174 g/mol. The van der Waals surface area contributed by atoms with E-state index in [1.54, 1.807) is 14.2 Å². The molecule has 0 bridgehead atoms. The zero-order valence-corrected chi connectivity index (χ0v) is 8.99. The maximum Gasteiger partial charge on any atom is 0.321 e. The van der Waals surface area contributed by atoms with Gasteiger partial charge in [-0.3, -0.25) is 0 Å². The minimum absolute atomic E-state index is 0.580. The smallest absolute Gasteiger partial charge is 0.321 e. The Hall–Kier alpha value is -0.123. The van der Waals surface area contributed by atoms with E-state index in [4.69, 9.17) is 8.85 Å². The Morgan fingerprint density at radius 2 is 1.91 bits per heavy atom. The van der Waals surface area contributed by atoms with Crippen LogP contribution in [0.3, 0.4) is 0 Å². The maximum absolute atomic E-state index is 5.20. The van der Waals surface area contributed by atoms with E-state index in [-0.39, 0.29) is 0 Å². The van der Waals surface area contributed by atoms with E-state index in [0.717, 1.165) is 6.04 Å². The normalized spacial score (nSPS) is 14.6. The first kappa shape index (κ1) is 10.9. The summed E-state index contributed by atoms with van der Waals surface area (Å²) >= 11 is 0. The van der Waals surface area contributed by atoms with Crippen molar-refractivity contribution in [2.75, 3.05) is 14.2 Å². The molecule has 0 N–H and O–H groups in total. The minimum atomic E-state index is -1.33. The summed E-state index contributed by atoms with van der Waals surface area (Å²) in [6.07, 6.45) is 4.25. The van der Waals surface area contributed by atoms with Crippen molar-refractivity contribution in [3.05, 3.63) is 12.2 Å². The van der Waals surface area contributed by atoms with Gasteiger partial charge in [-0.25, -0.2) is 0 Å². The van der Waals surface area contributed by atoms with E-state index in [1.807, 2.05) is 6.92 Å². The van der Waals surface area contributed by atoms with Crippen LogP contribution in [0.1, 0.15) is 13.8 Å². The standard InChI is InChI=1S/C8H18O2Si/c1-5-6-8(2)7-11(9-3)10-4/h5-6,8,11H,7H2,1-4H3. The highest BCUT2D eigenvalue weighted by molar-refractivity contribution is 6.44. The zero-order chi connectivity index (χ0) is 8.69. The largest absolute Gasteiger partial charge is 0.400 e. The molecular weight excluding hydrogens is 156 g/mol. The Bertz CT molecular complexity index is 111. The van der Waals surface area contributed by atoms with Crippen LogP contribution in [0.5, 0.6) is 0 Å². The second-order valence-corrected chi connectivity index (χ2v) is 4.91. The molecule has 1 atom stereocenters. The first-order valence-electron chi connectivity index (χ1n) is 3.93. The zero-order valence-electron chi connectivity index (χ0n) is 7.83. The van der Waals surface area contributed by atoms with Crippen LogP contribution in [-0.2, 0) is 8.85 Å². The lowest BCUT2D eigenvalue weighted by Crippen LogP contribution is -2.20. The van der Waals surface area contributed by atoms with Crippen LogP contribution >= 0.6 is 0 Å². The molecule has 0 rings (SSSR count). The van der Waals surface area contributed by atoms with Gasteiger partial charge in [0.1, 0.15) is 0 Å². The van der Waals surface area contributed by atoms with E-state index < -0.39 is 9.28 Å². The van der Waals surface area contributed by atoms with Crippen LogP contribution in [-0.4, -0.2) is 23.5 Å². The van der Waals surface area contributed by atoms with Gasteiger partial charge in [0.2, 0.25) is 0 Å². The molecule has 0 saturated carbocycles. The van der Waals surface area contributed by atoms with Gasteiger partial charge in [0.05, 0.1) is 0 Å². The molecular formula is C8H18O2Si. The highest BCUT2D eigenvalue weighted by Crippen LogP contribution is 2.08. The van der Waals surface area contributed by atoms with Gasteiger partial charge in [-0.05, 0) is 18.9 Å². The molecule has 0 aliphatic carbocycles. The molecule has 0 amide bonds. The SMILES string of the molecule is CC=CC(C)C[SiH](OC)OC. The summed E-state index contributed by atoms with van der Waals surface area (Å²) in [5.74, 6) is 0.580. The number of rotatable bonds is 5. The second-order valence-electron chi connectivity index (χ2n) is 2.64. The molecule has 66 valence electrons. The number of hydrogen-bond donors (Lipinski definition) is 0. The lowest BCUT2D eigenvalue weighted by molar-refractivity contribution is 0.274. The number of hydrogen-bond acceptors (Lipinski definition) is 2. The predicted molar refractivity (Wildman–Crippen MR) is 50.0 cm³/mol. The summed E-state index contributed by atoms with van der Waals surface area (Å²) < 4.78 is 10.4. The van der Waals surface area contributed by atoms with Crippen molar-refractivity contribution < 1.29 is 8.85 Å². The summed E-state index contributed by atoms with van der Waals surface area (Å²) in [6.45, 7) is 4.21. The quantitative estimate of drug-likeness (QED) is 0.466. The fourth-order valence-electron chi connectivity index (χ4n) is 0.999. The Kier molecular flexibility index (Phi) is 6.50. The van der Waals surface area contributed by atoms with Gasteiger partial charge in [-0.15, -0.1) is 0 Å². The third kappa shape index (κ3) is 5.18. The maximum atomic E-state index is 5.20. The second kappa shape index (κ2) is 6.58. The molecule has 0 aliphatic heterocycles. The third-order valence-corrected chi connectivity index (χ3v) is 3.79. The predicted octanol–water partition coefficient (Wildman–Crippen LogP) is 1.71. The van der Waals surface area contributed by atoms with E-state index in [9.17, 15) is 0 Å². The fourth-order valence-corrected chi connectivity index (χ4v) is 2.34. The number of allylic oxidation sites excluding steroid dienone is 2. The van der Waals surface area contributed by atoms with E-state index in [2.05, 4.69) is 19.1 Å². The van der Waals surface area contributed by atoms with Gasteiger partial charge in [0, 0.05) is 14.2 Å². The average Bonchev–Trinajstić information content (AvgIpc) is 2.01. The van der Waals surface area contributed by atoms with Gasteiger partial charge in [0.25, 0.3) is 0 Å². The Balaban J connectivity index is 3.61. The van der Waals surface area contributed by atoms with E-state index >= 15 is 0 Å². The summed E-state index contributed by atoms with van der Waals surface area (Å²) in [6, 6.07) is 1.05. The molecule has 0 aliphatic rings. The third-order valence-electron chi connectivity index (χ3n) is 1.61. The van der Waals surface area contributed by atoms with Gasteiger partial charge < -0.3 is 8.85 Å². The Morgan fingerprint density at radius 3 is 2.27 bits per heavy atom. The van der Waals surface area contributed by atoms with E-state index in [1.165, 1.54) is 0 Å². The molecule has 0 radical (unpaired) electrons. The van der Waals surface area contributed by atoms with Gasteiger partial charge in [-0.2, -0.15) is 0 Å². The van der Waals surface area contributed by atoms with Crippen LogP contribution in [0.4, 0.5) is 0 Å². The molecule has 0 aromatic heterocycles. The van der Waals surface area contributed by atoms with Gasteiger partial charge in [0.15, 0.2) is 0 Å². The van der Waals surface area contributed by atoms with Crippen molar-refractivity contribution in [2.24, 2.45) is 5.92 Å². The molecule has 0 aromatic carbocycles. The lowest BCUT2D eigenvalue weighted by atomic mass is 10.2. The highest BCUT2D eigenvalue weighted by Gasteiger charge is 2.11. The molecule has 0 fully saturated rings. The lowest BCUT2D eigenvalue weighted by Gasteiger charge is -2.13. The highest BCUT2D eigenvalue weighted by atomic mass is 28.3. The Labute approximate surface area is 71.1 Å². The summed E-state index contributed by atoms with van der Waals surface area (Å²) in [7, 11) is 2.12. The molecule has 3 heteroatoms. The molecule has 0 heterocycles. The molecule has 0 saturated heterocycles. The van der Waals surface area contributed by atoms with Crippen molar-refractivity contribution in [1.29, 1.82) is 0 Å². The monoisotopic (exact) mass is 174 g/mol. The van der Waals surface area contributed by atoms with Crippen molar-refractivity contribution in [2.45, 2.75) is 19.9 Å². The van der Waals surface area contributed by atoms with Crippen LogP contribution in [0.25, 0.3) is 0 Å². The van der Waals surface area contributed by atoms with Crippen LogP contribution in [0.15, 0.2) is 12.2 Å². The molecule has 11 heavy (non-hydrogen) atoms. The first-order valence-corrected chi connectivity index (χ1v) is 5.69. The fraction of sp³-hybridized carbons (Fsp3) is 0.750. The van der Waals surface area contributed by atoms with Crippen LogP contribution in [0.2, 0.25) is 6.04 Å². The van der Waals surface area contributed by atoms with Crippen molar-refractivity contribution in [1.82, 2.24) is 0 Å². The minimum Gasteiger partial charge on any atom is -0.400 e. The van der Waals surface area contributed by atoms with Crippen molar-refractivity contribution in [3.8, 4) is 0 Å². The molecule has 0 aromatic rings. The summed E-state index contributed by atoms with van der Waals surface area (Å²) in [5, 5.41) is 0. The molecule has 1 unspecified atom stereocenters. The molecule has 2 nitrogen and oxygen atoms in total. The summed E-state index contributed by atoms with van der Waals surface area (Å²) in [4.78, 5) is 0. The molecule has 0 spiro atoms. The Morgan fingerprint density at radius 1 is 1.36 bits per heavy atom. The first-order chi connectivity index (χ1) is 5.24. The van der Waals surface area contributed by atoms with Crippen molar-refractivity contribution in [3.63, 3.8) is 0 Å². The topological polar surface area (TPSA) is 18.5 Å². The van der Waals surface area contributed by atoms with Gasteiger partial charge in [-0.1, -0.05) is 19.1 Å². The van der Waals surface area contributed by atoms with Crippen LogP contribution in [0, 0.1) is 5.92 Å². The van der Waals surface area contributed by atoms with Crippen LogP contribution < -0.4 is 0 Å². The van der Waals surface area contributed by atoms with E-state index in [0.29, 0.717) is 5.92 Å².